The summed E-state index contributed by atoms with van der Waals surface area (Å²) in [6.45, 7) is 11.4. The van der Waals surface area contributed by atoms with Gasteiger partial charge in [0, 0.05) is 25.6 Å². The maximum Gasteiger partial charge on any atom is 0.191 e. The third kappa shape index (κ3) is 5.52. The zero-order chi connectivity index (χ0) is 16.7. The predicted molar refractivity (Wildman–Crippen MR) is 94.5 cm³/mol. The molecule has 2 rings (SSSR count). The van der Waals surface area contributed by atoms with E-state index >= 15 is 0 Å². The molecule has 2 unspecified atom stereocenters. The van der Waals surface area contributed by atoms with Gasteiger partial charge in [-0.2, -0.15) is 0 Å². The zero-order valence-electron chi connectivity index (χ0n) is 15.0. The summed E-state index contributed by atoms with van der Waals surface area (Å²) in [7, 11) is 0. The van der Waals surface area contributed by atoms with Gasteiger partial charge in [0.15, 0.2) is 5.96 Å². The fourth-order valence-corrected chi connectivity index (χ4v) is 3.59. The standard InChI is InChI=1S/C17H32N6/c1-5-16-22-20-12-23(16)8-7-19-17(18-6-2)21-15-10-13(3)9-14(4)11-15/h12-15H,5-11H2,1-4H3,(H2,18,19,21). The lowest BCUT2D eigenvalue weighted by Crippen LogP contribution is -2.46. The first-order valence-electron chi connectivity index (χ1n) is 9.03. The van der Waals surface area contributed by atoms with Crippen LogP contribution in [-0.2, 0) is 13.0 Å². The van der Waals surface area contributed by atoms with Gasteiger partial charge in [0.25, 0.3) is 0 Å². The molecule has 1 saturated carbocycles. The van der Waals surface area contributed by atoms with Crippen molar-refractivity contribution in [3.8, 4) is 0 Å². The summed E-state index contributed by atoms with van der Waals surface area (Å²) >= 11 is 0. The van der Waals surface area contributed by atoms with Gasteiger partial charge in [-0.15, -0.1) is 10.2 Å². The van der Waals surface area contributed by atoms with Crippen LogP contribution in [0.3, 0.4) is 0 Å². The van der Waals surface area contributed by atoms with Crippen LogP contribution in [0.2, 0.25) is 0 Å². The van der Waals surface area contributed by atoms with E-state index in [2.05, 4.69) is 53.1 Å². The Hall–Kier alpha value is -1.59. The maximum absolute atomic E-state index is 4.73. The van der Waals surface area contributed by atoms with Gasteiger partial charge in [0.1, 0.15) is 12.2 Å². The third-order valence-electron chi connectivity index (χ3n) is 4.49. The normalized spacial score (nSPS) is 25.4. The van der Waals surface area contributed by atoms with E-state index in [0.717, 1.165) is 49.7 Å². The molecule has 0 saturated heterocycles. The molecule has 0 aliphatic heterocycles. The van der Waals surface area contributed by atoms with Gasteiger partial charge < -0.3 is 15.2 Å². The molecule has 1 fully saturated rings. The molecule has 1 aliphatic rings. The molecule has 0 radical (unpaired) electrons. The Labute approximate surface area is 140 Å². The van der Waals surface area contributed by atoms with Crippen molar-refractivity contribution in [2.24, 2.45) is 16.8 Å². The summed E-state index contributed by atoms with van der Waals surface area (Å²) in [5.74, 6) is 3.55. The van der Waals surface area contributed by atoms with Crippen molar-refractivity contribution in [2.75, 3.05) is 13.1 Å². The first kappa shape index (κ1) is 17.8. The summed E-state index contributed by atoms with van der Waals surface area (Å²) in [4.78, 5) is 4.73. The maximum atomic E-state index is 4.73. The Balaban J connectivity index is 1.89. The summed E-state index contributed by atoms with van der Waals surface area (Å²) in [6.07, 6.45) is 6.51. The largest absolute Gasteiger partial charge is 0.357 e. The molecule has 130 valence electrons. The number of aryl methyl sites for hydroxylation is 1. The third-order valence-corrected chi connectivity index (χ3v) is 4.49. The molecule has 6 nitrogen and oxygen atoms in total. The highest BCUT2D eigenvalue weighted by Crippen LogP contribution is 2.28. The number of hydrogen-bond acceptors (Lipinski definition) is 3. The van der Waals surface area contributed by atoms with Crippen molar-refractivity contribution in [3.05, 3.63) is 12.2 Å². The minimum Gasteiger partial charge on any atom is -0.357 e. The van der Waals surface area contributed by atoms with Gasteiger partial charge in [-0.3, -0.25) is 4.99 Å². The number of nitrogens with one attached hydrogen (secondary N) is 2. The molecule has 2 atom stereocenters. The second-order valence-corrected chi connectivity index (χ2v) is 6.81. The lowest BCUT2D eigenvalue weighted by Gasteiger charge is -2.32. The molecule has 0 aromatic carbocycles. The van der Waals surface area contributed by atoms with Crippen LogP contribution < -0.4 is 10.6 Å². The number of rotatable bonds is 6. The second-order valence-electron chi connectivity index (χ2n) is 6.81. The molecule has 0 spiro atoms. The van der Waals surface area contributed by atoms with Gasteiger partial charge in [-0.05, 0) is 38.0 Å². The summed E-state index contributed by atoms with van der Waals surface area (Å²) in [6, 6.07) is 0.535. The molecule has 0 bridgehead atoms. The summed E-state index contributed by atoms with van der Waals surface area (Å²) in [5.41, 5.74) is 0. The minimum absolute atomic E-state index is 0.535. The van der Waals surface area contributed by atoms with Crippen LogP contribution >= 0.6 is 0 Å². The van der Waals surface area contributed by atoms with E-state index in [1.54, 1.807) is 6.33 Å². The minimum atomic E-state index is 0.535. The Bertz CT molecular complexity index is 485. The Morgan fingerprint density at radius 3 is 2.65 bits per heavy atom. The highest BCUT2D eigenvalue weighted by Gasteiger charge is 2.24. The van der Waals surface area contributed by atoms with Crippen molar-refractivity contribution in [1.29, 1.82) is 0 Å². The van der Waals surface area contributed by atoms with Crippen LogP contribution in [0, 0.1) is 11.8 Å². The fraction of sp³-hybridized carbons (Fsp3) is 0.824. The predicted octanol–water partition coefficient (Wildman–Crippen LogP) is 2.22. The van der Waals surface area contributed by atoms with Crippen LogP contribution in [-0.4, -0.2) is 39.9 Å². The Morgan fingerprint density at radius 1 is 1.26 bits per heavy atom. The molecule has 1 aliphatic carbocycles. The van der Waals surface area contributed by atoms with Gasteiger partial charge >= 0.3 is 0 Å². The average molecular weight is 320 g/mol. The number of hydrogen-bond donors (Lipinski definition) is 2. The Kier molecular flexibility index (Phi) is 6.86. The molecule has 2 N–H and O–H groups in total. The monoisotopic (exact) mass is 320 g/mol. The SMILES string of the molecule is CCNC(=NCCn1cnnc1CC)NC1CC(C)CC(C)C1. The Morgan fingerprint density at radius 2 is 2.00 bits per heavy atom. The van der Waals surface area contributed by atoms with E-state index in [-0.39, 0.29) is 0 Å². The van der Waals surface area contributed by atoms with Crippen molar-refractivity contribution in [3.63, 3.8) is 0 Å². The van der Waals surface area contributed by atoms with Crippen molar-refractivity contribution < 1.29 is 0 Å². The number of aromatic nitrogens is 3. The summed E-state index contributed by atoms with van der Waals surface area (Å²) in [5, 5.41) is 15.1. The lowest BCUT2D eigenvalue weighted by atomic mass is 9.80. The molecular formula is C17H32N6. The van der Waals surface area contributed by atoms with Gasteiger partial charge in [-0.25, -0.2) is 0 Å². The topological polar surface area (TPSA) is 67.1 Å². The molecule has 0 amide bonds. The van der Waals surface area contributed by atoms with Crippen LogP contribution in [0.25, 0.3) is 0 Å². The van der Waals surface area contributed by atoms with Crippen LogP contribution in [0.5, 0.6) is 0 Å². The molecular weight excluding hydrogens is 288 g/mol. The van der Waals surface area contributed by atoms with Crippen molar-refractivity contribution in [1.82, 2.24) is 25.4 Å². The second kappa shape index (κ2) is 8.89. The molecule has 1 aromatic heterocycles. The van der Waals surface area contributed by atoms with Crippen LogP contribution in [0.1, 0.15) is 52.8 Å². The first-order valence-corrected chi connectivity index (χ1v) is 9.03. The van der Waals surface area contributed by atoms with E-state index in [1.165, 1.54) is 19.3 Å². The number of guanidine groups is 1. The van der Waals surface area contributed by atoms with E-state index in [0.29, 0.717) is 6.04 Å². The number of aliphatic imine (C=N–C) groups is 1. The smallest absolute Gasteiger partial charge is 0.191 e. The molecule has 1 aromatic rings. The lowest BCUT2D eigenvalue weighted by molar-refractivity contribution is 0.255. The van der Waals surface area contributed by atoms with E-state index in [1.807, 2.05) is 0 Å². The van der Waals surface area contributed by atoms with E-state index in [4.69, 9.17) is 4.99 Å². The molecule has 1 heterocycles. The fourth-order valence-electron chi connectivity index (χ4n) is 3.59. The number of nitrogens with zero attached hydrogens (tertiary/aromatic N) is 4. The quantitative estimate of drug-likeness (QED) is 0.623. The zero-order valence-corrected chi connectivity index (χ0v) is 15.0. The summed E-state index contributed by atoms with van der Waals surface area (Å²) < 4.78 is 2.08. The highest BCUT2D eigenvalue weighted by atomic mass is 15.3. The van der Waals surface area contributed by atoms with Gasteiger partial charge in [0.05, 0.1) is 6.54 Å². The van der Waals surface area contributed by atoms with Crippen molar-refractivity contribution >= 4 is 5.96 Å². The van der Waals surface area contributed by atoms with Crippen LogP contribution in [0.4, 0.5) is 0 Å². The first-order chi connectivity index (χ1) is 11.1. The van der Waals surface area contributed by atoms with Gasteiger partial charge in [0.2, 0.25) is 0 Å². The van der Waals surface area contributed by atoms with E-state index in [9.17, 15) is 0 Å². The molecule has 23 heavy (non-hydrogen) atoms. The highest BCUT2D eigenvalue weighted by molar-refractivity contribution is 5.80. The average Bonchev–Trinajstić information content (AvgIpc) is 2.94. The van der Waals surface area contributed by atoms with E-state index < -0.39 is 0 Å². The van der Waals surface area contributed by atoms with Crippen LogP contribution in [0.15, 0.2) is 11.3 Å². The van der Waals surface area contributed by atoms with Crippen molar-refractivity contribution in [2.45, 2.75) is 66.0 Å². The molecule has 6 heteroatoms. The van der Waals surface area contributed by atoms with Gasteiger partial charge in [-0.1, -0.05) is 20.8 Å².